The largest absolute Gasteiger partial charge is 0.339 e. The van der Waals surface area contributed by atoms with Gasteiger partial charge in [-0.3, -0.25) is 9.69 Å². The third-order valence-corrected chi connectivity index (χ3v) is 10.6. The second-order valence-electron chi connectivity index (χ2n) is 13.6. The molecule has 6 aliphatic rings. The molecule has 1 saturated heterocycles. The molecule has 9 rings (SSSR count). The first-order chi connectivity index (χ1) is 20.1. The second-order valence-corrected chi connectivity index (χ2v) is 13.6. The first-order valence-corrected chi connectivity index (χ1v) is 15.9. The van der Waals surface area contributed by atoms with Crippen molar-refractivity contribution < 1.29 is 13.8 Å². The number of amides is 1. The van der Waals surface area contributed by atoms with Gasteiger partial charge in [-0.25, -0.2) is 0 Å². The Balaban J connectivity index is 1.04. The van der Waals surface area contributed by atoms with E-state index in [4.69, 9.17) is 14.0 Å². The van der Waals surface area contributed by atoms with E-state index in [0.717, 1.165) is 99.8 Å². The zero-order valence-electron chi connectivity index (χ0n) is 23.9. The number of benzene rings is 1. The monoisotopic (exact) mass is 556 g/mol. The van der Waals surface area contributed by atoms with Crippen molar-refractivity contribution in [3.63, 3.8) is 0 Å². The molecular formula is C32H40N6O3. The van der Waals surface area contributed by atoms with E-state index in [0.29, 0.717) is 24.3 Å². The number of rotatable bonds is 9. The lowest BCUT2D eigenvalue weighted by molar-refractivity contribution is -0.120. The number of aromatic nitrogens is 4. The molecule has 5 saturated carbocycles. The van der Waals surface area contributed by atoms with Crippen LogP contribution in [-0.2, 0) is 10.2 Å². The minimum Gasteiger partial charge on any atom is -0.339 e. The Morgan fingerprint density at radius 2 is 1.56 bits per heavy atom. The molecule has 6 fully saturated rings. The minimum atomic E-state index is 0.0155. The van der Waals surface area contributed by atoms with Crippen molar-refractivity contribution in [3.05, 3.63) is 41.8 Å². The zero-order valence-corrected chi connectivity index (χ0v) is 23.9. The second kappa shape index (κ2) is 10.0. The molecule has 1 aliphatic heterocycles. The Kier molecular flexibility index (Phi) is 6.27. The summed E-state index contributed by atoms with van der Waals surface area (Å²) in [7, 11) is 0. The van der Waals surface area contributed by atoms with E-state index < -0.39 is 0 Å². The average Bonchev–Trinajstić information content (AvgIpc) is 3.96. The van der Waals surface area contributed by atoms with Gasteiger partial charge in [-0.15, -0.1) is 0 Å². The number of piperidine rings is 1. The molecule has 216 valence electrons. The molecule has 3 aromatic rings. The number of hydrogen-bond donors (Lipinski definition) is 0. The summed E-state index contributed by atoms with van der Waals surface area (Å²) in [6.07, 6.45) is 14.7. The van der Waals surface area contributed by atoms with E-state index >= 15 is 0 Å². The molecule has 0 spiro atoms. The first kappa shape index (κ1) is 25.6. The van der Waals surface area contributed by atoms with Gasteiger partial charge in [-0.2, -0.15) is 9.97 Å². The SMILES string of the molecule is O=C(CN1CCCCC1)N(CC12CCC(c3nc(C4CC4)no3)(CC1)CC2)c1cccc(-c2nc(C3CC3)no2)c1. The molecule has 1 aromatic carbocycles. The number of anilines is 1. The van der Waals surface area contributed by atoms with Crippen LogP contribution in [0.4, 0.5) is 5.69 Å². The lowest BCUT2D eigenvalue weighted by atomic mass is 9.53. The Labute approximate surface area is 241 Å². The summed E-state index contributed by atoms with van der Waals surface area (Å²) in [5.74, 6) is 4.27. The van der Waals surface area contributed by atoms with Gasteiger partial charge in [0.2, 0.25) is 11.8 Å². The van der Waals surface area contributed by atoms with Crippen LogP contribution in [0.15, 0.2) is 33.3 Å². The molecule has 0 atom stereocenters. The number of hydrogen-bond acceptors (Lipinski definition) is 8. The van der Waals surface area contributed by atoms with Crippen molar-refractivity contribution in [1.82, 2.24) is 25.2 Å². The highest BCUT2D eigenvalue weighted by Crippen LogP contribution is 2.58. The lowest BCUT2D eigenvalue weighted by Crippen LogP contribution is -2.52. The van der Waals surface area contributed by atoms with Crippen molar-refractivity contribution in [1.29, 1.82) is 0 Å². The molecule has 2 bridgehead atoms. The van der Waals surface area contributed by atoms with Crippen LogP contribution in [0.5, 0.6) is 0 Å². The third-order valence-electron chi connectivity index (χ3n) is 10.6. The highest BCUT2D eigenvalue weighted by Gasteiger charge is 2.53. The predicted molar refractivity (Wildman–Crippen MR) is 152 cm³/mol. The molecule has 0 radical (unpaired) electrons. The summed E-state index contributed by atoms with van der Waals surface area (Å²) in [5.41, 5.74) is 1.93. The maximum absolute atomic E-state index is 14.1. The zero-order chi connectivity index (χ0) is 27.4. The summed E-state index contributed by atoms with van der Waals surface area (Å²) in [4.78, 5) is 28.0. The number of likely N-dealkylation sites (tertiary alicyclic amines) is 1. The average molecular weight is 557 g/mol. The van der Waals surface area contributed by atoms with Gasteiger partial charge < -0.3 is 13.9 Å². The molecule has 9 nitrogen and oxygen atoms in total. The van der Waals surface area contributed by atoms with Crippen LogP contribution in [-0.4, -0.2) is 57.3 Å². The minimum absolute atomic E-state index is 0.0155. The maximum atomic E-state index is 14.1. The van der Waals surface area contributed by atoms with Crippen molar-refractivity contribution in [2.24, 2.45) is 5.41 Å². The Morgan fingerprint density at radius 1 is 0.878 bits per heavy atom. The van der Waals surface area contributed by atoms with Gasteiger partial charge in [0, 0.05) is 35.0 Å². The van der Waals surface area contributed by atoms with E-state index in [1.165, 1.54) is 32.1 Å². The Bertz CT molecular complexity index is 1390. The van der Waals surface area contributed by atoms with Gasteiger partial charge in [0.15, 0.2) is 11.6 Å². The molecular weight excluding hydrogens is 516 g/mol. The third kappa shape index (κ3) is 5.00. The molecule has 2 aromatic heterocycles. The summed E-state index contributed by atoms with van der Waals surface area (Å²) < 4.78 is 11.5. The smallest absolute Gasteiger partial charge is 0.258 e. The van der Waals surface area contributed by atoms with Crippen molar-refractivity contribution in [2.75, 3.05) is 31.1 Å². The number of fused-ring (bicyclic) bond motifs is 3. The summed E-state index contributed by atoms with van der Waals surface area (Å²) >= 11 is 0. The maximum Gasteiger partial charge on any atom is 0.258 e. The fourth-order valence-electron chi connectivity index (χ4n) is 7.50. The Hall–Kier alpha value is -3.07. The molecule has 5 aliphatic carbocycles. The van der Waals surface area contributed by atoms with Gasteiger partial charge in [0.1, 0.15) is 0 Å². The van der Waals surface area contributed by atoms with Crippen LogP contribution in [0.25, 0.3) is 11.5 Å². The number of carbonyl (C=O) groups is 1. The van der Waals surface area contributed by atoms with Crippen LogP contribution >= 0.6 is 0 Å². The standard InChI is InChI=1S/C32H40N6O3/c39-26(20-37-17-2-1-3-18-37)38(25-6-4-5-24(19-25)29-33-27(35-40-29)22-7-8-22)21-31-11-14-32(15-12-31,16-13-31)30-34-28(36-41-30)23-9-10-23/h4-6,19,22-23H,1-3,7-18,20-21H2. The number of carbonyl (C=O) groups excluding carboxylic acids is 1. The molecule has 3 heterocycles. The molecule has 0 N–H and O–H groups in total. The van der Waals surface area contributed by atoms with E-state index in [1.807, 2.05) is 12.1 Å². The van der Waals surface area contributed by atoms with E-state index in [1.54, 1.807) is 0 Å². The highest BCUT2D eigenvalue weighted by molar-refractivity contribution is 5.95. The van der Waals surface area contributed by atoms with Gasteiger partial charge in [0.25, 0.3) is 5.89 Å². The van der Waals surface area contributed by atoms with E-state index in [2.05, 4.69) is 37.2 Å². The topological polar surface area (TPSA) is 101 Å². The van der Waals surface area contributed by atoms with Gasteiger partial charge in [0.05, 0.1) is 6.54 Å². The van der Waals surface area contributed by atoms with Crippen LogP contribution in [0.3, 0.4) is 0 Å². The lowest BCUT2D eigenvalue weighted by Gasteiger charge is -2.53. The van der Waals surface area contributed by atoms with Crippen LogP contribution in [0, 0.1) is 5.41 Å². The predicted octanol–water partition coefficient (Wildman–Crippen LogP) is 5.99. The molecule has 0 unspecified atom stereocenters. The van der Waals surface area contributed by atoms with Gasteiger partial charge in [-0.1, -0.05) is 22.8 Å². The van der Waals surface area contributed by atoms with Crippen LogP contribution < -0.4 is 4.90 Å². The fourth-order valence-corrected chi connectivity index (χ4v) is 7.50. The quantitative estimate of drug-likeness (QED) is 0.317. The number of nitrogens with zero attached hydrogens (tertiary/aromatic N) is 6. The summed E-state index contributed by atoms with van der Waals surface area (Å²) in [6, 6.07) is 8.17. The Morgan fingerprint density at radius 3 is 2.27 bits per heavy atom. The summed E-state index contributed by atoms with van der Waals surface area (Å²) in [6.45, 7) is 3.23. The fraction of sp³-hybridized carbons (Fsp3) is 0.656. The van der Waals surface area contributed by atoms with E-state index in [-0.39, 0.29) is 16.7 Å². The van der Waals surface area contributed by atoms with Crippen LogP contribution in [0.2, 0.25) is 0 Å². The van der Waals surface area contributed by atoms with Crippen molar-refractivity contribution in [2.45, 2.75) is 101 Å². The molecule has 9 heteroatoms. The van der Waals surface area contributed by atoms with Gasteiger partial charge in [-0.05, 0) is 114 Å². The molecule has 41 heavy (non-hydrogen) atoms. The molecule has 1 amide bonds. The normalized spacial score (nSPS) is 28.2. The van der Waals surface area contributed by atoms with Gasteiger partial charge >= 0.3 is 0 Å². The van der Waals surface area contributed by atoms with Crippen molar-refractivity contribution >= 4 is 11.6 Å². The first-order valence-electron chi connectivity index (χ1n) is 15.9. The van der Waals surface area contributed by atoms with Crippen molar-refractivity contribution in [3.8, 4) is 11.5 Å². The summed E-state index contributed by atoms with van der Waals surface area (Å²) in [5, 5.41) is 8.55. The van der Waals surface area contributed by atoms with E-state index in [9.17, 15) is 4.79 Å². The highest BCUT2D eigenvalue weighted by atomic mass is 16.5. The van der Waals surface area contributed by atoms with Crippen LogP contribution in [0.1, 0.15) is 113 Å².